The molecule has 7 heteroatoms. The number of sulfone groups is 1. The van der Waals surface area contributed by atoms with Crippen molar-refractivity contribution < 1.29 is 13.2 Å². The number of benzene rings is 2. The van der Waals surface area contributed by atoms with E-state index in [0.29, 0.717) is 10.7 Å². The second-order valence-corrected chi connectivity index (χ2v) is 9.28. The maximum absolute atomic E-state index is 12.8. The van der Waals surface area contributed by atoms with Crippen LogP contribution >= 0.6 is 27.5 Å². The van der Waals surface area contributed by atoms with E-state index >= 15 is 0 Å². The molecular weight excluding hydrogens is 402 g/mol. The Balaban J connectivity index is 2.32. The Kier molecular flexibility index (Phi) is 5.18. The Morgan fingerprint density at radius 2 is 1.74 bits per heavy atom. The highest BCUT2D eigenvalue weighted by Crippen LogP contribution is 2.28. The molecule has 0 bridgehead atoms. The lowest BCUT2D eigenvalue weighted by Gasteiger charge is -2.24. The van der Waals surface area contributed by atoms with Gasteiger partial charge < -0.3 is 5.32 Å². The van der Waals surface area contributed by atoms with E-state index in [9.17, 15) is 13.2 Å². The molecule has 0 aromatic heterocycles. The zero-order valence-electron chi connectivity index (χ0n) is 12.5. The lowest BCUT2D eigenvalue weighted by molar-refractivity contribution is -0.117. The average Bonchev–Trinajstić information content (AvgIpc) is 2.47. The topological polar surface area (TPSA) is 63.2 Å². The minimum Gasteiger partial charge on any atom is -0.325 e. The molecule has 0 radical (unpaired) electrons. The van der Waals surface area contributed by atoms with Crippen molar-refractivity contribution in [1.82, 2.24) is 0 Å². The van der Waals surface area contributed by atoms with Gasteiger partial charge in [0.2, 0.25) is 5.91 Å². The average molecular weight is 417 g/mol. The summed E-state index contributed by atoms with van der Waals surface area (Å²) in [7, 11) is -3.85. The molecule has 0 fully saturated rings. The molecule has 4 nitrogen and oxygen atoms in total. The van der Waals surface area contributed by atoms with Crippen LogP contribution in [0.5, 0.6) is 0 Å². The van der Waals surface area contributed by atoms with Crippen molar-refractivity contribution in [2.75, 3.05) is 5.32 Å². The van der Waals surface area contributed by atoms with Crippen molar-refractivity contribution in [2.24, 2.45) is 0 Å². The zero-order valence-corrected chi connectivity index (χ0v) is 15.7. The number of anilines is 1. The van der Waals surface area contributed by atoms with Crippen LogP contribution in [-0.4, -0.2) is 19.1 Å². The van der Waals surface area contributed by atoms with E-state index in [0.717, 1.165) is 4.47 Å². The molecule has 1 amide bonds. The van der Waals surface area contributed by atoms with Crippen molar-refractivity contribution in [2.45, 2.75) is 23.5 Å². The first-order chi connectivity index (χ1) is 10.6. The van der Waals surface area contributed by atoms with Crippen LogP contribution in [0.3, 0.4) is 0 Å². The van der Waals surface area contributed by atoms with Crippen LogP contribution in [0.4, 0.5) is 5.69 Å². The molecule has 0 unspecified atom stereocenters. The maximum Gasteiger partial charge on any atom is 0.245 e. The fraction of sp³-hybridized carbons (Fsp3) is 0.188. The van der Waals surface area contributed by atoms with Gasteiger partial charge in [0, 0.05) is 15.2 Å². The van der Waals surface area contributed by atoms with E-state index in [4.69, 9.17) is 11.6 Å². The summed E-state index contributed by atoms with van der Waals surface area (Å²) in [5, 5.41) is 3.05. The fourth-order valence-corrected chi connectivity index (χ4v) is 3.71. The molecule has 0 aliphatic heterocycles. The molecule has 0 aliphatic carbocycles. The highest BCUT2D eigenvalue weighted by atomic mass is 79.9. The Morgan fingerprint density at radius 1 is 1.13 bits per heavy atom. The van der Waals surface area contributed by atoms with Crippen LogP contribution in [0.1, 0.15) is 13.8 Å². The van der Waals surface area contributed by atoms with Gasteiger partial charge in [-0.25, -0.2) is 8.42 Å². The highest BCUT2D eigenvalue weighted by Gasteiger charge is 2.42. The molecule has 0 saturated heterocycles. The third-order valence-electron chi connectivity index (χ3n) is 3.43. The third kappa shape index (κ3) is 3.76. The summed E-state index contributed by atoms with van der Waals surface area (Å²) >= 11 is 9.13. The summed E-state index contributed by atoms with van der Waals surface area (Å²) in [5.41, 5.74) is 0.446. The van der Waals surface area contributed by atoms with Crippen LogP contribution in [0, 0.1) is 0 Å². The maximum atomic E-state index is 12.8. The first-order valence-corrected chi connectivity index (χ1v) is 9.37. The van der Waals surface area contributed by atoms with Crippen molar-refractivity contribution >= 4 is 49.0 Å². The van der Waals surface area contributed by atoms with Crippen molar-refractivity contribution in [3.63, 3.8) is 0 Å². The van der Waals surface area contributed by atoms with E-state index in [-0.39, 0.29) is 4.90 Å². The molecule has 0 aliphatic rings. The van der Waals surface area contributed by atoms with Gasteiger partial charge in [0.25, 0.3) is 0 Å². The van der Waals surface area contributed by atoms with Gasteiger partial charge in [-0.1, -0.05) is 33.6 Å². The van der Waals surface area contributed by atoms with Gasteiger partial charge in [-0.2, -0.15) is 0 Å². The Labute approximate surface area is 148 Å². The molecule has 0 atom stereocenters. The SMILES string of the molecule is CC(C)(C(=O)Nc1cccc(Cl)c1)S(=O)(=O)c1ccc(Br)cc1. The van der Waals surface area contributed by atoms with Crippen molar-refractivity contribution in [3.8, 4) is 0 Å². The number of carbonyl (C=O) groups excluding carboxylic acids is 1. The number of hydrogen-bond donors (Lipinski definition) is 1. The zero-order chi connectivity index (χ0) is 17.3. The summed E-state index contributed by atoms with van der Waals surface area (Å²) < 4.78 is 24.6. The second kappa shape index (κ2) is 6.63. The predicted octanol–water partition coefficient (Wildman–Crippen LogP) is 4.29. The number of rotatable bonds is 4. The minimum atomic E-state index is -3.85. The molecule has 2 rings (SSSR count). The Bertz CT molecular complexity index is 833. The van der Waals surface area contributed by atoms with Gasteiger partial charge in [0.15, 0.2) is 9.84 Å². The minimum absolute atomic E-state index is 0.0898. The number of amides is 1. The molecule has 122 valence electrons. The Hall–Kier alpha value is -1.37. The van der Waals surface area contributed by atoms with E-state index in [1.807, 2.05) is 0 Å². The van der Waals surface area contributed by atoms with Crippen LogP contribution in [0.15, 0.2) is 57.9 Å². The van der Waals surface area contributed by atoms with E-state index in [1.54, 1.807) is 36.4 Å². The van der Waals surface area contributed by atoms with E-state index < -0.39 is 20.5 Å². The normalized spacial score (nSPS) is 12.0. The van der Waals surface area contributed by atoms with Gasteiger partial charge in [0.1, 0.15) is 4.75 Å². The van der Waals surface area contributed by atoms with Crippen LogP contribution in [0.2, 0.25) is 5.02 Å². The molecular formula is C16H15BrClNO3S. The van der Waals surface area contributed by atoms with Gasteiger partial charge in [-0.3, -0.25) is 4.79 Å². The monoisotopic (exact) mass is 415 g/mol. The number of halogens is 2. The van der Waals surface area contributed by atoms with Gasteiger partial charge >= 0.3 is 0 Å². The van der Waals surface area contributed by atoms with Crippen LogP contribution in [-0.2, 0) is 14.6 Å². The smallest absolute Gasteiger partial charge is 0.245 e. The highest BCUT2D eigenvalue weighted by molar-refractivity contribution is 9.10. The first-order valence-electron chi connectivity index (χ1n) is 6.72. The number of hydrogen-bond acceptors (Lipinski definition) is 3. The fourth-order valence-electron chi connectivity index (χ4n) is 1.88. The van der Waals surface area contributed by atoms with E-state index in [2.05, 4.69) is 21.2 Å². The van der Waals surface area contributed by atoms with Gasteiger partial charge in [-0.15, -0.1) is 0 Å². The lowest BCUT2D eigenvalue weighted by Crippen LogP contribution is -2.44. The number of carbonyl (C=O) groups is 1. The molecule has 0 spiro atoms. The van der Waals surface area contributed by atoms with Crippen LogP contribution in [0.25, 0.3) is 0 Å². The summed E-state index contributed by atoms with van der Waals surface area (Å²) in [4.78, 5) is 12.6. The van der Waals surface area contributed by atoms with Crippen LogP contribution < -0.4 is 5.32 Å². The van der Waals surface area contributed by atoms with Crippen molar-refractivity contribution in [1.29, 1.82) is 0 Å². The summed E-state index contributed by atoms with van der Waals surface area (Å²) in [6.45, 7) is 2.76. The molecule has 23 heavy (non-hydrogen) atoms. The standard InChI is InChI=1S/C16H15BrClNO3S/c1-16(2,15(20)19-13-5-3-4-12(18)10-13)23(21,22)14-8-6-11(17)7-9-14/h3-10H,1-2H3,(H,19,20). The second-order valence-electron chi connectivity index (χ2n) is 5.43. The summed E-state index contributed by atoms with van der Waals surface area (Å²) in [6, 6.07) is 12.7. The van der Waals surface area contributed by atoms with Crippen molar-refractivity contribution in [3.05, 3.63) is 58.0 Å². The lowest BCUT2D eigenvalue weighted by atomic mass is 10.2. The van der Waals surface area contributed by atoms with Gasteiger partial charge in [-0.05, 0) is 56.3 Å². The largest absolute Gasteiger partial charge is 0.325 e. The number of nitrogens with one attached hydrogen (secondary N) is 1. The molecule has 0 heterocycles. The third-order valence-corrected chi connectivity index (χ3v) is 6.61. The summed E-state index contributed by atoms with van der Waals surface area (Å²) in [5.74, 6) is -0.623. The molecule has 2 aromatic rings. The first kappa shape index (κ1) is 18.0. The Morgan fingerprint density at radius 3 is 2.30 bits per heavy atom. The molecule has 1 N–H and O–H groups in total. The van der Waals surface area contributed by atoms with Gasteiger partial charge in [0.05, 0.1) is 4.90 Å². The predicted molar refractivity (Wildman–Crippen MR) is 95.5 cm³/mol. The summed E-state index contributed by atoms with van der Waals surface area (Å²) in [6.07, 6.45) is 0. The molecule has 0 saturated carbocycles. The van der Waals surface area contributed by atoms with E-state index in [1.165, 1.54) is 26.0 Å². The quantitative estimate of drug-likeness (QED) is 0.808. The molecule has 2 aromatic carbocycles.